The standard InChI is InChI=1S/C20H28BNO6/c1-18(2,3)27-17(24)22-11-13(12-23)15-10-14(8-9-16(15)22)21(26)28-20(6,7)19(4,5)25/h8-12,25-26H,1-7H3. The smallest absolute Gasteiger partial charge is 0.443 e. The second-order valence-electron chi connectivity index (χ2n) is 8.87. The molecule has 1 heterocycles. The lowest BCUT2D eigenvalue weighted by atomic mass is 9.76. The Kier molecular flexibility index (Phi) is 5.81. The molecule has 7 nitrogen and oxygen atoms in total. The third-order valence-corrected chi connectivity index (χ3v) is 4.74. The molecule has 0 aliphatic rings. The van der Waals surface area contributed by atoms with Crippen LogP contribution in [-0.4, -0.2) is 51.0 Å². The van der Waals surface area contributed by atoms with E-state index in [0.29, 0.717) is 22.7 Å². The predicted octanol–water partition coefficient (Wildman–Crippen LogP) is 2.49. The van der Waals surface area contributed by atoms with E-state index in [2.05, 4.69) is 0 Å². The Balaban J connectivity index is 2.43. The zero-order chi connectivity index (χ0) is 21.5. The molecule has 1 aromatic heterocycles. The number of fused-ring (bicyclic) bond motifs is 1. The highest BCUT2D eigenvalue weighted by atomic mass is 16.6. The Bertz CT molecular complexity index is 888. The highest BCUT2D eigenvalue weighted by Gasteiger charge is 2.39. The molecule has 0 bridgehead atoms. The molecule has 0 saturated heterocycles. The van der Waals surface area contributed by atoms with Gasteiger partial charge in [0.25, 0.3) is 0 Å². The Morgan fingerprint density at radius 3 is 2.25 bits per heavy atom. The Labute approximate surface area is 165 Å². The summed E-state index contributed by atoms with van der Waals surface area (Å²) in [6.45, 7) is 11.8. The quantitative estimate of drug-likeness (QED) is 0.602. The summed E-state index contributed by atoms with van der Waals surface area (Å²) >= 11 is 0. The van der Waals surface area contributed by atoms with Crippen LogP contribution in [0.25, 0.3) is 10.9 Å². The number of hydrogen-bond donors (Lipinski definition) is 2. The zero-order valence-corrected chi connectivity index (χ0v) is 17.4. The van der Waals surface area contributed by atoms with E-state index >= 15 is 0 Å². The first-order valence-corrected chi connectivity index (χ1v) is 9.08. The second kappa shape index (κ2) is 7.35. The predicted molar refractivity (Wildman–Crippen MR) is 108 cm³/mol. The van der Waals surface area contributed by atoms with Gasteiger partial charge in [0.05, 0.1) is 16.7 Å². The monoisotopic (exact) mass is 389 g/mol. The molecule has 152 valence electrons. The molecule has 0 fully saturated rings. The maximum absolute atomic E-state index is 12.4. The van der Waals surface area contributed by atoms with Crippen molar-refractivity contribution >= 4 is 35.9 Å². The first kappa shape index (κ1) is 22.1. The van der Waals surface area contributed by atoms with Gasteiger partial charge in [0.15, 0.2) is 6.29 Å². The molecule has 0 amide bonds. The van der Waals surface area contributed by atoms with Gasteiger partial charge in [-0.1, -0.05) is 12.1 Å². The maximum atomic E-state index is 12.4. The van der Waals surface area contributed by atoms with Crippen LogP contribution in [0.1, 0.15) is 58.8 Å². The number of carbonyl (C=O) groups is 2. The van der Waals surface area contributed by atoms with Crippen molar-refractivity contribution in [3.05, 3.63) is 30.0 Å². The Morgan fingerprint density at radius 1 is 1.14 bits per heavy atom. The molecule has 8 heteroatoms. The van der Waals surface area contributed by atoms with Crippen molar-refractivity contribution in [3.63, 3.8) is 0 Å². The minimum Gasteiger partial charge on any atom is -0.443 e. The van der Waals surface area contributed by atoms with Crippen LogP contribution in [0, 0.1) is 0 Å². The third kappa shape index (κ3) is 4.63. The van der Waals surface area contributed by atoms with Crippen molar-refractivity contribution in [1.29, 1.82) is 0 Å². The van der Waals surface area contributed by atoms with Gasteiger partial charge in [0, 0.05) is 17.1 Å². The van der Waals surface area contributed by atoms with Crippen molar-refractivity contribution in [2.24, 2.45) is 0 Å². The van der Waals surface area contributed by atoms with E-state index in [9.17, 15) is 19.7 Å². The molecular formula is C20H28BNO6. The number of hydrogen-bond acceptors (Lipinski definition) is 6. The number of benzene rings is 1. The third-order valence-electron chi connectivity index (χ3n) is 4.74. The van der Waals surface area contributed by atoms with Gasteiger partial charge in [-0.3, -0.25) is 9.36 Å². The summed E-state index contributed by atoms with van der Waals surface area (Å²) in [6.07, 6.45) is 1.45. The molecule has 2 N–H and O–H groups in total. The van der Waals surface area contributed by atoms with Crippen LogP contribution in [0.15, 0.2) is 24.4 Å². The number of rotatable bonds is 5. The molecule has 2 aromatic rings. The van der Waals surface area contributed by atoms with E-state index in [0.717, 1.165) is 0 Å². The number of aromatic nitrogens is 1. The average molecular weight is 389 g/mol. The van der Waals surface area contributed by atoms with Gasteiger partial charge in [0.2, 0.25) is 0 Å². The van der Waals surface area contributed by atoms with E-state index in [4.69, 9.17) is 9.39 Å². The lowest BCUT2D eigenvalue weighted by Crippen LogP contribution is -2.53. The second-order valence-corrected chi connectivity index (χ2v) is 8.87. The first-order valence-electron chi connectivity index (χ1n) is 9.08. The molecule has 0 aliphatic carbocycles. The van der Waals surface area contributed by atoms with Crippen LogP contribution in [-0.2, 0) is 9.39 Å². The van der Waals surface area contributed by atoms with Gasteiger partial charge in [-0.25, -0.2) is 4.79 Å². The summed E-state index contributed by atoms with van der Waals surface area (Å²) in [5.74, 6) is 0. The minimum atomic E-state index is -1.32. The fraction of sp³-hybridized carbons (Fsp3) is 0.500. The van der Waals surface area contributed by atoms with E-state index in [1.54, 1.807) is 66.7 Å². The van der Waals surface area contributed by atoms with Crippen LogP contribution in [0.3, 0.4) is 0 Å². The van der Waals surface area contributed by atoms with Gasteiger partial charge in [-0.2, -0.15) is 0 Å². The number of aldehydes is 1. The van der Waals surface area contributed by atoms with Crippen molar-refractivity contribution in [1.82, 2.24) is 4.57 Å². The van der Waals surface area contributed by atoms with E-state index in [1.165, 1.54) is 10.8 Å². The molecule has 0 saturated carbocycles. The Morgan fingerprint density at radius 2 is 1.75 bits per heavy atom. The topological polar surface area (TPSA) is 98.0 Å². The zero-order valence-electron chi connectivity index (χ0n) is 17.4. The number of ether oxygens (including phenoxy) is 1. The number of aliphatic hydroxyl groups is 1. The van der Waals surface area contributed by atoms with Gasteiger partial charge < -0.3 is 19.5 Å². The summed E-state index contributed by atoms with van der Waals surface area (Å²) in [7, 11) is -1.32. The van der Waals surface area contributed by atoms with Crippen molar-refractivity contribution < 1.29 is 29.1 Å². The van der Waals surface area contributed by atoms with Crippen molar-refractivity contribution in [3.8, 4) is 0 Å². The molecule has 0 atom stereocenters. The van der Waals surface area contributed by atoms with Crippen LogP contribution < -0.4 is 5.46 Å². The molecule has 0 aliphatic heterocycles. The summed E-state index contributed by atoms with van der Waals surface area (Å²) < 4.78 is 12.3. The van der Waals surface area contributed by atoms with E-state index < -0.39 is 30.0 Å². The lowest BCUT2D eigenvalue weighted by Gasteiger charge is -2.38. The number of nitrogens with zero attached hydrogens (tertiary/aromatic N) is 1. The van der Waals surface area contributed by atoms with E-state index in [-0.39, 0.29) is 5.56 Å². The lowest BCUT2D eigenvalue weighted by molar-refractivity contribution is -0.0982. The molecular weight excluding hydrogens is 361 g/mol. The molecule has 0 spiro atoms. The van der Waals surface area contributed by atoms with Crippen molar-refractivity contribution in [2.45, 2.75) is 65.3 Å². The Hall–Kier alpha value is -2.16. The van der Waals surface area contributed by atoms with Crippen LogP contribution in [0.4, 0.5) is 4.79 Å². The van der Waals surface area contributed by atoms with Crippen LogP contribution in [0.2, 0.25) is 0 Å². The first-order chi connectivity index (χ1) is 12.7. The van der Waals surface area contributed by atoms with Crippen LogP contribution in [0.5, 0.6) is 0 Å². The maximum Gasteiger partial charge on any atom is 0.491 e. The highest BCUT2D eigenvalue weighted by molar-refractivity contribution is 6.60. The van der Waals surface area contributed by atoms with Crippen molar-refractivity contribution in [2.75, 3.05) is 0 Å². The highest BCUT2D eigenvalue weighted by Crippen LogP contribution is 2.26. The fourth-order valence-corrected chi connectivity index (χ4v) is 2.47. The van der Waals surface area contributed by atoms with Gasteiger partial charge in [-0.15, -0.1) is 0 Å². The SMILES string of the molecule is CC(C)(C)OC(=O)n1cc(C=O)c2cc(B(O)OC(C)(C)C(C)(C)O)ccc21. The van der Waals surface area contributed by atoms with E-state index in [1.807, 2.05) is 0 Å². The molecule has 0 radical (unpaired) electrons. The summed E-state index contributed by atoms with van der Waals surface area (Å²) in [4.78, 5) is 23.9. The van der Waals surface area contributed by atoms with Gasteiger partial charge >= 0.3 is 13.2 Å². The average Bonchev–Trinajstić information content (AvgIpc) is 2.89. The fourth-order valence-electron chi connectivity index (χ4n) is 2.47. The van der Waals surface area contributed by atoms with Crippen LogP contribution >= 0.6 is 0 Å². The normalized spacial score (nSPS) is 12.9. The summed E-state index contributed by atoms with van der Waals surface area (Å²) in [5, 5.41) is 21.2. The van der Waals surface area contributed by atoms with Gasteiger partial charge in [-0.05, 0) is 60.0 Å². The van der Waals surface area contributed by atoms with Gasteiger partial charge in [0.1, 0.15) is 5.60 Å². The summed E-state index contributed by atoms with van der Waals surface area (Å²) in [5.41, 5.74) is -1.73. The molecule has 28 heavy (non-hydrogen) atoms. The minimum absolute atomic E-state index is 0.289. The molecule has 2 rings (SSSR count). The largest absolute Gasteiger partial charge is 0.491 e. The summed E-state index contributed by atoms with van der Waals surface area (Å²) in [6, 6.07) is 4.80. The molecule has 1 aromatic carbocycles. The number of carbonyl (C=O) groups excluding carboxylic acids is 2. The molecule has 0 unspecified atom stereocenters.